The highest BCUT2D eigenvalue weighted by atomic mass is 16.6. The van der Waals surface area contributed by atoms with Gasteiger partial charge in [-0.05, 0) is 17.7 Å². The van der Waals surface area contributed by atoms with Crippen molar-refractivity contribution in [2.75, 3.05) is 126 Å². The van der Waals surface area contributed by atoms with Crippen LogP contribution in [-0.2, 0) is 58.7 Å². The Morgan fingerprint density at radius 2 is 1.21 bits per heavy atom. The van der Waals surface area contributed by atoms with Crippen LogP contribution in [0, 0.1) is 10.8 Å². The van der Waals surface area contributed by atoms with Crippen LogP contribution in [0.2, 0.25) is 0 Å². The fraction of sp³-hybridized carbons (Fsp3) is 0.757. The van der Waals surface area contributed by atoms with Crippen molar-refractivity contribution in [3.8, 4) is 5.75 Å². The van der Waals surface area contributed by atoms with E-state index >= 15 is 0 Å². The standard InChI is InChI=1S/C37H65N3O13/c1-36(2,26-45-5)28-52-29-37(3,4)27-51-23-22-48-15-12-39-35(44)32(24-30-6-8-31(9-7-30)53-25-34(42)43)40-33(41)10-13-46-16-18-49-20-21-50-19-17-47-14-11-38/h6-9,32H,10-29,38H2,1-5H3,(H,39,44)(H,40,41)(H,42,43). The number of carbonyl (C=O) groups is 3. The molecule has 16 nitrogen and oxygen atoms in total. The minimum absolute atomic E-state index is 0.0511. The Bertz CT molecular complexity index is 1110. The number of hydrogen-bond acceptors (Lipinski definition) is 13. The van der Waals surface area contributed by atoms with Crippen LogP contribution in [0.5, 0.6) is 5.75 Å². The van der Waals surface area contributed by atoms with E-state index in [4.69, 9.17) is 53.5 Å². The van der Waals surface area contributed by atoms with Crippen LogP contribution in [0.1, 0.15) is 39.7 Å². The van der Waals surface area contributed by atoms with Gasteiger partial charge in [-0.25, -0.2) is 4.79 Å². The van der Waals surface area contributed by atoms with Gasteiger partial charge in [0.25, 0.3) is 0 Å². The van der Waals surface area contributed by atoms with E-state index in [9.17, 15) is 14.4 Å². The number of nitrogens with one attached hydrogen (secondary N) is 2. The first-order chi connectivity index (χ1) is 25.4. The van der Waals surface area contributed by atoms with Gasteiger partial charge in [0.1, 0.15) is 11.8 Å². The zero-order chi connectivity index (χ0) is 39.2. The molecule has 1 aromatic rings. The molecule has 0 heterocycles. The predicted octanol–water partition coefficient (Wildman–Crippen LogP) is 1.46. The Labute approximate surface area is 314 Å². The van der Waals surface area contributed by atoms with Gasteiger partial charge in [-0.1, -0.05) is 39.8 Å². The maximum absolute atomic E-state index is 13.2. The van der Waals surface area contributed by atoms with Crippen molar-refractivity contribution in [1.29, 1.82) is 0 Å². The Balaban J connectivity index is 2.43. The highest BCUT2D eigenvalue weighted by molar-refractivity contribution is 5.87. The van der Waals surface area contributed by atoms with E-state index in [1.807, 2.05) is 0 Å². The van der Waals surface area contributed by atoms with Crippen molar-refractivity contribution in [1.82, 2.24) is 10.6 Å². The fourth-order valence-corrected chi connectivity index (χ4v) is 4.60. The molecule has 306 valence electrons. The Morgan fingerprint density at radius 3 is 1.77 bits per heavy atom. The molecule has 2 amide bonds. The number of amides is 2. The molecule has 1 unspecified atom stereocenters. The van der Waals surface area contributed by atoms with Gasteiger partial charge in [0, 0.05) is 43.9 Å². The van der Waals surface area contributed by atoms with E-state index in [1.165, 1.54) is 0 Å². The molecule has 0 bridgehead atoms. The quantitative estimate of drug-likeness (QED) is 0.0724. The van der Waals surface area contributed by atoms with Crippen LogP contribution in [0.3, 0.4) is 0 Å². The summed E-state index contributed by atoms with van der Waals surface area (Å²) in [6.07, 6.45) is 0.250. The molecule has 5 N–H and O–H groups in total. The molecule has 0 fully saturated rings. The second kappa shape index (κ2) is 29.4. The molecule has 1 aromatic carbocycles. The third-order valence-corrected chi connectivity index (χ3v) is 7.16. The minimum Gasteiger partial charge on any atom is -0.482 e. The van der Waals surface area contributed by atoms with Crippen molar-refractivity contribution < 1.29 is 62.1 Å². The van der Waals surface area contributed by atoms with Gasteiger partial charge in [-0.3, -0.25) is 9.59 Å². The molecule has 53 heavy (non-hydrogen) atoms. The summed E-state index contributed by atoms with van der Waals surface area (Å²) in [6, 6.07) is 5.79. The molecule has 1 atom stereocenters. The Kier molecular flexibility index (Phi) is 26.7. The van der Waals surface area contributed by atoms with E-state index in [0.29, 0.717) is 98.2 Å². The average Bonchev–Trinajstić information content (AvgIpc) is 3.10. The summed E-state index contributed by atoms with van der Waals surface area (Å²) in [6.45, 7) is 15.0. The normalized spacial score (nSPS) is 12.4. The number of rotatable bonds is 35. The second-order valence-corrected chi connectivity index (χ2v) is 13.8. The van der Waals surface area contributed by atoms with E-state index in [0.717, 1.165) is 5.56 Å². The number of benzene rings is 1. The van der Waals surface area contributed by atoms with Gasteiger partial charge in [0.05, 0.1) is 99.1 Å². The van der Waals surface area contributed by atoms with E-state index in [2.05, 4.69) is 38.3 Å². The zero-order valence-electron chi connectivity index (χ0n) is 32.5. The van der Waals surface area contributed by atoms with Crippen LogP contribution < -0.4 is 21.1 Å². The second-order valence-electron chi connectivity index (χ2n) is 13.8. The number of aliphatic carboxylic acids is 1. The summed E-state index contributed by atoms with van der Waals surface area (Å²) in [7, 11) is 1.68. The molecule has 0 aliphatic heterocycles. The molecule has 0 radical (unpaired) electrons. The van der Waals surface area contributed by atoms with E-state index < -0.39 is 18.6 Å². The first-order valence-electron chi connectivity index (χ1n) is 18.1. The maximum Gasteiger partial charge on any atom is 0.341 e. The summed E-state index contributed by atoms with van der Waals surface area (Å²) < 4.78 is 49.3. The number of nitrogens with two attached hydrogens (primary N) is 1. The highest BCUT2D eigenvalue weighted by Gasteiger charge is 2.23. The van der Waals surface area contributed by atoms with E-state index in [-0.39, 0.29) is 55.2 Å². The number of methoxy groups -OCH3 is 1. The molecular formula is C37H65N3O13. The van der Waals surface area contributed by atoms with Crippen LogP contribution in [-0.4, -0.2) is 155 Å². The number of hydrogen-bond donors (Lipinski definition) is 4. The number of carboxylic acids is 1. The molecule has 0 aliphatic rings. The van der Waals surface area contributed by atoms with Gasteiger partial charge in [-0.2, -0.15) is 0 Å². The number of ether oxygens (including phenoxy) is 9. The summed E-state index contributed by atoms with van der Waals surface area (Å²) in [5.74, 6) is -1.43. The fourth-order valence-electron chi connectivity index (χ4n) is 4.60. The highest BCUT2D eigenvalue weighted by Crippen LogP contribution is 2.20. The molecule has 0 saturated carbocycles. The third-order valence-electron chi connectivity index (χ3n) is 7.16. The van der Waals surface area contributed by atoms with Crippen molar-refractivity contribution >= 4 is 17.8 Å². The number of carboxylic acid groups (broad SMARTS) is 1. The Hall–Kier alpha value is -2.93. The van der Waals surface area contributed by atoms with Crippen LogP contribution in [0.15, 0.2) is 24.3 Å². The zero-order valence-corrected chi connectivity index (χ0v) is 32.5. The largest absolute Gasteiger partial charge is 0.482 e. The van der Waals surface area contributed by atoms with Crippen molar-refractivity contribution in [3.63, 3.8) is 0 Å². The monoisotopic (exact) mass is 759 g/mol. The molecular weight excluding hydrogens is 694 g/mol. The number of carbonyl (C=O) groups excluding carboxylic acids is 2. The van der Waals surface area contributed by atoms with Crippen molar-refractivity contribution in [2.24, 2.45) is 16.6 Å². The lowest BCUT2D eigenvalue weighted by Gasteiger charge is -2.28. The molecule has 0 aromatic heterocycles. The average molecular weight is 760 g/mol. The van der Waals surface area contributed by atoms with Gasteiger partial charge in [0.2, 0.25) is 11.8 Å². The smallest absolute Gasteiger partial charge is 0.341 e. The molecule has 0 spiro atoms. The molecule has 0 aliphatic carbocycles. The molecule has 1 rings (SSSR count). The van der Waals surface area contributed by atoms with E-state index in [1.54, 1.807) is 31.4 Å². The first kappa shape index (κ1) is 48.1. The minimum atomic E-state index is -1.09. The van der Waals surface area contributed by atoms with Crippen LogP contribution in [0.25, 0.3) is 0 Å². The van der Waals surface area contributed by atoms with Gasteiger partial charge in [-0.15, -0.1) is 0 Å². The van der Waals surface area contributed by atoms with Gasteiger partial charge in [0.15, 0.2) is 6.61 Å². The first-order valence-corrected chi connectivity index (χ1v) is 18.1. The lowest BCUT2D eigenvalue weighted by atomic mass is 9.94. The lowest BCUT2D eigenvalue weighted by Crippen LogP contribution is -2.48. The SMILES string of the molecule is COCC(C)(C)COCC(C)(C)COCCOCCNC(=O)C(Cc1ccc(OCC(=O)O)cc1)NC(=O)CCOCCOCCOCCOCCN. The maximum atomic E-state index is 13.2. The molecule has 16 heteroatoms. The molecule has 0 saturated heterocycles. The summed E-state index contributed by atoms with van der Waals surface area (Å²) >= 11 is 0. The summed E-state index contributed by atoms with van der Waals surface area (Å²) in [5, 5.41) is 14.5. The van der Waals surface area contributed by atoms with Crippen LogP contribution >= 0.6 is 0 Å². The summed E-state index contributed by atoms with van der Waals surface area (Å²) in [5.41, 5.74) is 5.87. The topological polar surface area (TPSA) is 205 Å². The van der Waals surface area contributed by atoms with Crippen molar-refractivity contribution in [2.45, 2.75) is 46.6 Å². The Morgan fingerprint density at radius 1 is 0.698 bits per heavy atom. The lowest BCUT2D eigenvalue weighted by molar-refractivity contribution is -0.139. The predicted molar refractivity (Wildman–Crippen MR) is 197 cm³/mol. The van der Waals surface area contributed by atoms with Crippen LogP contribution in [0.4, 0.5) is 0 Å². The summed E-state index contributed by atoms with van der Waals surface area (Å²) in [4.78, 5) is 36.7. The van der Waals surface area contributed by atoms with Gasteiger partial charge < -0.3 is 64.1 Å². The van der Waals surface area contributed by atoms with Gasteiger partial charge >= 0.3 is 5.97 Å². The van der Waals surface area contributed by atoms with Crippen molar-refractivity contribution in [3.05, 3.63) is 29.8 Å². The third kappa shape index (κ3) is 27.3.